The van der Waals surface area contributed by atoms with Gasteiger partial charge in [-0.15, -0.1) is 0 Å². The summed E-state index contributed by atoms with van der Waals surface area (Å²) in [5.41, 5.74) is 3.88. The van der Waals surface area contributed by atoms with Crippen molar-refractivity contribution in [1.82, 2.24) is 10.6 Å². The van der Waals surface area contributed by atoms with Crippen molar-refractivity contribution in [1.29, 1.82) is 0 Å². The van der Waals surface area contributed by atoms with E-state index in [2.05, 4.69) is 34.1 Å². The number of carbonyl (C=O) groups is 2. The number of rotatable bonds is 3. The summed E-state index contributed by atoms with van der Waals surface area (Å²) in [6, 6.07) is 15.4. The van der Waals surface area contributed by atoms with E-state index in [-0.39, 0.29) is 17.9 Å². The minimum atomic E-state index is -0.125. The van der Waals surface area contributed by atoms with Crippen LogP contribution in [0.2, 0.25) is 0 Å². The van der Waals surface area contributed by atoms with Gasteiger partial charge in [0.2, 0.25) is 5.91 Å². The second-order valence-corrected chi connectivity index (χ2v) is 6.77. The molecule has 2 aromatic rings. The van der Waals surface area contributed by atoms with Crippen LogP contribution in [0.4, 0.5) is 5.69 Å². The first-order valence-electron chi connectivity index (χ1n) is 8.61. The lowest BCUT2D eigenvalue weighted by Gasteiger charge is -2.20. The van der Waals surface area contributed by atoms with Crippen molar-refractivity contribution in [3.63, 3.8) is 0 Å². The zero-order chi connectivity index (χ0) is 17.4. The first kappa shape index (κ1) is 15.8. The molecular formula is C20H21N3O2. The van der Waals surface area contributed by atoms with Gasteiger partial charge in [-0.05, 0) is 35.4 Å². The maximum Gasteiger partial charge on any atom is 0.251 e. The van der Waals surface area contributed by atoms with E-state index in [9.17, 15) is 9.59 Å². The minimum Gasteiger partial charge on any atom is -0.345 e. The molecular weight excluding hydrogens is 314 g/mol. The van der Waals surface area contributed by atoms with Crippen LogP contribution in [0, 0.1) is 5.92 Å². The summed E-state index contributed by atoms with van der Waals surface area (Å²) in [6.45, 7) is 3.36. The molecule has 0 bridgehead atoms. The number of carbonyl (C=O) groups excluding carboxylic acids is 2. The van der Waals surface area contributed by atoms with Gasteiger partial charge in [-0.2, -0.15) is 0 Å². The molecule has 1 aliphatic heterocycles. The Bertz CT molecular complexity index is 816. The normalized spacial score (nSPS) is 23.6. The van der Waals surface area contributed by atoms with Crippen LogP contribution in [0.1, 0.15) is 40.4 Å². The molecule has 0 spiro atoms. The average Bonchev–Trinajstić information content (AvgIpc) is 3.18. The molecule has 5 heteroatoms. The van der Waals surface area contributed by atoms with Crippen LogP contribution in [0.15, 0.2) is 48.5 Å². The van der Waals surface area contributed by atoms with Gasteiger partial charge in [0.15, 0.2) is 0 Å². The Morgan fingerprint density at radius 1 is 1.00 bits per heavy atom. The lowest BCUT2D eigenvalue weighted by atomic mass is 9.94. The van der Waals surface area contributed by atoms with Gasteiger partial charge in [-0.1, -0.05) is 24.3 Å². The van der Waals surface area contributed by atoms with E-state index in [1.54, 1.807) is 24.3 Å². The number of amides is 2. The van der Waals surface area contributed by atoms with Crippen LogP contribution in [-0.2, 0) is 4.79 Å². The number of anilines is 1. The fourth-order valence-electron chi connectivity index (χ4n) is 4.07. The molecule has 1 heterocycles. The summed E-state index contributed by atoms with van der Waals surface area (Å²) in [6.07, 6.45) is 0. The molecule has 2 aromatic carbocycles. The van der Waals surface area contributed by atoms with Gasteiger partial charge in [-0.25, -0.2) is 0 Å². The van der Waals surface area contributed by atoms with Crippen LogP contribution in [0.3, 0.4) is 0 Å². The second-order valence-electron chi connectivity index (χ2n) is 6.77. The number of hydrogen-bond donors (Lipinski definition) is 3. The lowest BCUT2D eigenvalue weighted by Crippen LogP contribution is -2.33. The van der Waals surface area contributed by atoms with Gasteiger partial charge in [-0.3, -0.25) is 9.59 Å². The van der Waals surface area contributed by atoms with E-state index in [1.807, 2.05) is 6.07 Å². The SMILES string of the molecule is CC(=O)Nc1ccc(C(=O)N[C@H]2c3ccccc3[C@@H]3CNC[C@@H]32)cc1. The highest BCUT2D eigenvalue weighted by Crippen LogP contribution is 2.46. The third-order valence-corrected chi connectivity index (χ3v) is 5.17. The van der Waals surface area contributed by atoms with E-state index in [0.717, 1.165) is 13.1 Å². The zero-order valence-corrected chi connectivity index (χ0v) is 14.1. The summed E-state index contributed by atoms with van der Waals surface area (Å²) in [7, 11) is 0. The second kappa shape index (κ2) is 6.33. The van der Waals surface area contributed by atoms with Crippen LogP contribution in [0.25, 0.3) is 0 Å². The molecule has 2 aliphatic rings. The third kappa shape index (κ3) is 2.91. The molecule has 1 aliphatic carbocycles. The van der Waals surface area contributed by atoms with Crippen molar-refractivity contribution in [2.75, 3.05) is 18.4 Å². The summed E-state index contributed by atoms with van der Waals surface area (Å²) in [4.78, 5) is 23.8. The van der Waals surface area contributed by atoms with E-state index in [1.165, 1.54) is 18.1 Å². The maximum atomic E-state index is 12.7. The first-order chi connectivity index (χ1) is 12.1. The monoisotopic (exact) mass is 335 g/mol. The number of benzene rings is 2. The molecule has 3 N–H and O–H groups in total. The van der Waals surface area contributed by atoms with E-state index in [4.69, 9.17) is 0 Å². The lowest BCUT2D eigenvalue weighted by molar-refractivity contribution is -0.114. The molecule has 4 rings (SSSR count). The van der Waals surface area contributed by atoms with Crippen LogP contribution >= 0.6 is 0 Å². The topological polar surface area (TPSA) is 70.2 Å². The molecule has 5 nitrogen and oxygen atoms in total. The van der Waals surface area contributed by atoms with Gasteiger partial charge in [0.25, 0.3) is 5.91 Å². The minimum absolute atomic E-state index is 0.0405. The Hall–Kier alpha value is -2.66. The molecule has 0 saturated carbocycles. The Labute approximate surface area is 146 Å². The quantitative estimate of drug-likeness (QED) is 0.807. The van der Waals surface area contributed by atoms with E-state index >= 15 is 0 Å². The van der Waals surface area contributed by atoms with Gasteiger partial charge < -0.3 is 16.0 Å². The highest BCUT2D eigenvalue weighted by atomic mass is 16.2. The predicted octanol–water partition coefficient (Wildman–Crippen LogP) is 2.43. The smallest absolute Gasteiger partial charge is 0.251 e. The molecule has 2 amide bonds. The highest BCUT2D eigenvalue weighted by Gasteiger charge is 2.43. The average molecular weight is 335 g/mol. The summed E-state index contributed by atoms with van der Waals surface area (Å²) in [5.74, 6) is 0.671. The van der Waals surface area contributed by atoms with Gasteiger partial charge >= 0.3 is 0 Å². The largest absolute Gasteiger partial charge is 0.345 e. The van der Waals surface area contributed by atoms with Crippen molar-refractivity contribution in [3.8, 4) is 0 Å². The standard InChI is InChI=1S/C20H21N3O2/c1-12(24)22-14-8-6-13(7-9-14)20(25)23-19-16-5-3-2-4-15(16)17-10-21-11-18(17)19/h2-9,17-19,21H,10-11H2,1H3,(H,22,24)(H,23,25)/t17-,18-,19-/m0/s1. The Morgan fingerprint density at radius 3 is 2.44 bits per heavy atom. The number of hydrogen-bond acceptors (Lipinski definition) is 3. The van der Waals surface area contributed by atoms with Crippen molar-refractivity contribution < 1.29 is 9.59 Å². The molecule has 128 valence electrons. The Kier molecular flexibility index (Phi) is 4.01. The first-order valence-corrected chi connectivity index (χ1v) is 8.61. The third-order valence-electron chi connectivity index (χ3n) is 5.17. The molecule has 0 unspecified atom stereocenters. The van der Waals surface area contributed by atoms with Crippen molar-refractivity contribution in [2.24, 2.45) is 5.92 Å². The Balaban J connectivity index is 1.53. The maximum absolute atomic E-state index is 12.7. The summed E-state index contributed by atoms with van der Waals surface area (Å²) < 4.78 is 0. The van der Waals surface area contributed by atoms with Crippen LogP contribution < -0.4 is 16.0 Å². The van der Waals surface area contributed by atoms with Gasteiger partial charge in [0.1, 0.15) is 0 Å². The summed E-state index contributed by atoms with van der Waals surface area (Å²) >= 11 is 0. The molecule has 3 atom stereocenters. The van der Waals surface area contributed by atoms with E-state index < -0.39 is 0 Å². The van der Waals surface area contributed by atoms with Crippen LogP contribution in [0.5, 0.6) is 0 Å². The van der Waals surface area contributed by atoms with E-state index in [0.29, 0.717) is 23.1 Å². The molecule has 0 radical (unpaired) electrons. The summed E-state index contributed by atoms with van der Waals surface area (Å²) in [5, 5.41) is 9.37. The van der Waals surface area contributed by atoms with Crippen molar-refractivity contribution in [2.45, 2.75) is 18.9 Å². The fraction of sp³-hybridized carbons (Fsp3) is 0.300. The van der Waals surface area contributed by atoms with Gasteiger partial charge in [0.05, 0.1) is 6.04 Å². The van der Waals surface area contributed by atoms with Crippen molar-refractivity contribution >= 4 is 17.5 Å². The molecule has 0 aromatic heterocycles. The van der Waals surface area contributed by atoms with Gasteiger partial charge in [0, 0.05) is 43.1 Å². The number of fused-ring (bicyclic) bond motifs is 3. The number of nitrogens with one attached hydrogen (secondary N) is 3. The van der Waals surface area contributed by atoms with Crippen molar-refractivity contribution in [3.05, 3.63) is 65.2 Å². The fourth-order valence-corrected chi connectivity index (χ4v) is 4.07. The van der Waals surface area contributed by atoms with Crippen LogP contribution in [-0.4, -0.2) is 24.9 Å². The molecule has 1 fully saturated rings. The molecule has 1 saturated heterocycles. The molecule has 25 heavy (non-hydrogen) atoms. The highest BCUT2D eigenvalue weighted by molar-refractivity contribution is 5.95. The zero-order valence-electron chi connectivity index (χ0n) is 14.1. The predicted molar refractivity (Wildman–Crippen MR) is 96.5 cm³/mol. The Morgan fingerprint density at radius 2 is 1.72 bits per heavy atom.